The van der Waals surface area contributed by atoms with Crippen molar-refractivity contribution in [1.29, 1.82) is 0 Å². The Bertz CT molecular complexity index is 1460. The average molecular weight is 434 g/mol. The molecule has 3 aromatic heterocycles. The zero-order chi connectivity index (χ0) is 22.4. The number of hydrogen-bond donors (Lipinski definition) is 0. The molecule has 1 atom stereocenters. The minimum absolute atomic E-state index is 0.0385. The molecule has 0 unspecified atom stereocenters. The van der Waals surface area contributed by atoms with E-state index < -0.39 is 17.5 Å². The van der Waals surface area contributed by atoms with Crippen molar-refractivity contribution in [3.05, 3.63) is 89.8 Å². The van der Waals surface area contributed by atoms with Gasteiger partial charge in [-0.05, 0) is 47.5 Å². The van der Waals surface area contributed by atoms with E-state index in [1.165, 1.54) is 10.5 Å². The van der Waals surface area contributed by atoms with Crippen LogP contribution in [0.3, 0.4) is 0 Å². The summed E-state index contributed by atoms with van der Waals surface area (Å²) in [6, 6.07) is 12.0. The van der Waals surface area contributed by atoms with Crippen LogP contribution in [0, 0.1) is 17.5 Å². The molecule has 0 radical (unpaired) electrons. The van der Waals surface area contributed by atoms with Gasteiger partial charge in [-0.2, -0.15) is 0 Å². The SMILES string of the molecule is COc1cnc2ccc([C@@H](C)c3nnc4c(F)cc(-c5cc(F)cc(F)c5)cn34)cc2c1. The van der Waals surface area contributed by atoms with Gasteiger partial charge in [0.25, 0.3) is 0 Å². The maximum absolute atomic E-state index is 14.8. The summed E-state index contributed by atoms with van der Waals surface area (Å²) in [6.45, 7) is 1.93. The van der Waals surface area contributed by atoms with Crippen molar-refractivity contribution in [3.63, 3.8) is 0 Å². The Kier molecular flexibility index (Phi) is 4.77. The van der Waals surface area contributed by atoms with Gasteiger partial charge in [0.2, 0.25) is 0 Å². The zero-order valence-corrected chi connectivity index (χ0v) is 17.2. The fourth-order valence-corrected chi connectivity index (χ4v) is 3.80. The highest BCUT2D eigenvalue weighted by atomic mass is 19.1. The van der Waals surface area contributed by atoms with Crippen LogP contribution in [0.4, 0.5) is 13.2 Å². The first-order valence-electron chi connectivity index (χ1n) is 9.87. The lowest BCUT2D eigenvalue weighted by Crippen LogP contribution is -2.04. The Morgan fingerprint density at radius 3 is 2.44 bits per heavy atom. The minimum atomic E-state index is -0.738. The molecular formula is C24H17F3N4O. The van der Waals surface area contributed by atoms with Crippen LogP contribution in [0.25, 0.3) is 27.7 Å². The quantitative estimate of drug-likeness (QED) is 0.374. The van der Waals surface area contributed by atoms with Crippen LogP contribution in [0.1, 0.15) is 24.2 Å². The maximum Gasteiger partial charge on any atom is 0.196 e. The average Bonchev–Trinajstić information content (AvgIpc) is 3.21. The molecule has 0 aliphatic heterocycles. The van der Waals surface area contributed by atoms with Gasteiger partial charge in [0.1, 0.15) is 23.2 Å². The Morgan fingerprint density at radius 2 is 1.69 bits per heavy atom. The molecule has 0 bridgehead atoms. The molecule has 8 heteroatoms. The zero-order valence-electron chi connectivity index (χ0n) is 17.2. The monoisotopic (exact) mass is 434 g/mol. The molecule has 32 heavy (non-hydrogen) atoms. The first kappa shape index (κ1) is 20.0. The summed E-state index contributed by atoms with van der Waals surface area (Å²) < 4.78 is 48.9. The van der Waals surface area contributed by atoms with E-state index in [0.29, 0.717) is 17.1 Å². The summed E-state index contributed by atoms with van der Waals surface area (Å²) in [5.41, 5.74) is 2.31. The van der Waals surface area contributed by atoms with Crippen LogP contribution in [0.15, 0.2) is 60.9 Å². The number of benzene rings is 2. The highest BCUT2D eigenvalue weighted by molar-refractivity contribution is 5.80. The second kappa shape index (κ2) is 7.64. The molecule has 5 nitrogen and oxygen atoms in total. The highest BCUT2D eigenvalue weighted by Gasteiger charge is 2.19. The number of aromatic nitrogens is 4. The molecule has 0 amide bonds. The van der Waals surface area contributed by atoms with Crippen molar-refractivity contribution in [1.82, 2.24) is 19.6 Å². The van der Waals surface area contributed by atoms with E-state index in [4.69, 9.17) is 4.74 Å². The fraction of sp³-hybridized carbons (Fsp3) is 0.125. The largest absolute Gasteiger partial charge is 0.495 e. The second-order valence-corrected chi connectivity index (χ2v) is 7.54. The standard InChI is InChI=1S/C24H17F3N4O/c1-13(14-3-4-22-16(5-14)8-20(32-2)11-28-22)23-29-30-24-21(27)9-17(12-31(23)24)15-6-18(25)10-19(26)7-15/h3-13H,1-2H3/t13-/m1/s1. The van der Waals surface area contributed by atoms with Gasteiger partial charge in [-0.3, -0.25) is 9.38 Å². The lowest BCUT2D eigenvalue weighted by molar-refractivity contribution is 0.414. The molecule has 2 aromatic carbocycles. The summed E-state index contributed by atoms with van der Waals surface area (Å²) in [7, 11) is 1.58. The van der Waals surface area contributed by atoms with Crippen LogP contribution in [0.2, 0.25) is 0 Å². The number of nitrogens with zero attached hydrogens (tertiary/aromatic N) is 4. The molecule has 0 saturated carbocycles. The van der Waals surface area contributed by atoms with E-state index >= 15 is 0 Å². The lowest BCUT2D eigenvalue weighted by Gasteiger charge is -2.13. The Balaban J connectivity index is 1.62. The van der Waals surface area contributed by atoms with Gasteiger partial charge in [0.05, 0.1) is 18.8 Å². The predicted octanol–water partition coefficient (Wildman–Crippen LogP) is 5.52. The number of hydrogen-bond acceptors (Lipinski definition) is 4. The molecule has 0 saturated heterocycles. The number of fused-ring (bicyclic) bond motifs is 2. The van der Waals surface area contributed by atoms with Gasteiger partial charge in [0, 0.05) is 29.1 Å². The molecule has 0 N–H and O–H groups in total. The van der Waals surface area contributed by atoms with Crippen LogP contribution < -0.4 is 4.74 Å². The maximum atomic E-state index is 14.8. The normalized spacial score (nSPS) is 12.4. The molecular weight excluding hydrogens is 417 g/mol. The molecule has 5 aromatic rings. The van der Waals surface area contributed by atoms with Crippen molar-refractivity contribution in [2.45, 2.75) is 12.8 Å². The van der Waals surface area contributed by atoms with Crippen LogP contribution in [-0.4, -0.2) is 26.7 Å². The topological polar surface area (TPSA) is 52.3 Å². The van der Waals surface area contributed by atoms with Gasteiger partial charge >= 0.3 is 0 Å². The Labute approximate surface area is 181 Å². The first-order valence-corrected chi connectivity index (χ1v) is 9.87. The summed E-state index contributed by atoms with van der Waals surface area (Å²) in [5, 5.41) is 9.08. The highest BCUT2D eigenvalue weighted by Crippen LogP contribution is 2.30. The number of ether oxygens (including phenoxy) is 1. The summed E-state index contributed by atoms with van der Waals surface area (Å²) in [4.78, 5) is 4.37. The van der Waals surface area contributed by atoms with E-state index in [2.05, 4.69) is 15.2 Å². The van der Waals surface area contributed by atoms with E-state index in [-0.39, 0.29) is 17.1 Å². The van der Waals surface area contributed by atoms with Crippen molar-refractivity contribution < 1.29 is 17.9 Å². The summed E-state index contributed by atoms with van der Waals surface area (Å²) in [6.07, 6.45) is 3.24. The van der Waals surface area contributed by atoms with Crippen molar-refractivity contribution >= 4 is 16.6 Å². The third-order valence-electron chi connectivity index (χ3n) is 5.49. The third kappa shape index (κ3) is 3.43. The summed E-state index contributed by atoms with van der Waals surface area (Å²) >= 11 is 0. The molecule has 0 spiro atoms. The number of methoxy groups -OCH3 is 1. The number of rotatable bonds is 4. The molecule has 0 aliphatic rings. The summed E-state index contributed by atoms with van der Waals surface area (Å²) in [5.74, 6) is -1.22. The van der Waals surface area contributed by atoms with Gasteiger partial charge in [-0.15, -0.1) is 10.2 Å². The number of pyridine rings is 2. The smallest absolute Gasteiger partial charge is 0.196 e. The Hall–Kier alpha value is -3.94. The van der Waals surface area contributed by atoms with Crippen molar-refractivity contribution in [3.8, 4) is 16.9 Å². The fourth-order valence-electron chi connectivity index (χ4n) is 3.80. The lowest BCUT2D eigenvalue weighted by atomic mass is 9.98. The molecule has 0 fully saturated rings. The van der Waals surface area contributed by atoms with Crippen LogP contribution >= 0.6 is 0 Å². The first-order chi connectivity index (χ1) is 15.4. The van der Waals surface area contributed by atoms with Gasteiger partial charge in [-0.1, -0.05) is 13.0 Å². The van der Waals surface area contributed by atoms with Crippen LogP contribution in [0.5, 0.6) is 5.75 Å². The van der Waals surface area contributed by atoms with Gasteiger partial charge in [-0.25, -0.2) is 13.2 Å². The van der Waals surface area contributed by atoms with Crippen LogP contribution in [-0.2, 0) is 0 Å². The van der Waals surface area contributed by atoms with Gasteiger partial charge in [0.15, 0.2) is 11.5 Å². The second-order valence-electron chi connectivity index (χ2n) is 7.54. The number of halogens is 3. The van der Waals surface area contributed by atoms with Crippen molar-refractivity contribution in [2.24, 2.45) is 0 Å². The van der Waals surface area contributed by atoms with E-state index in [0.717, 1.165) is 34.7 Å². The Morgan fingerprint density at radius 1 is 0.906 bits per heavy atom. The molecule has 3 heterocycles. The molecule has 5 rings (SSSR count). The van der Waals surface area contributed by atoms with E-state index in [1.54, 1.807) is 19.5 Å². The molecule has 0 aliphatic carbocycles. The predicted molar refractivity (Wildman–Crippen MR) is 114 cm³/mol. The third-order valence-corrected chi connectivity index (χ3v) is 5.49. The van der Waals surface area contributed by atoms with Crippen molar-refractivity contribution in [2.75, 3.05) is 7.11 Å². The van der Waals surface area contributed by atoms with Gasteiger partial charge < -0.3 is 4.74 Å². The molecule has 160 valence electrons. The minimum Gasteiger partial charge on any atom is -0.495 e. The van der Waals surface area contributed by atoms with E-state index in [1.807, 2.05) is 31.2 Å². The van der Waals surface area contributed by atoms with E-state index in [9.17, 15) is 13.2 Å².